The third-order valence-electron chi connectivity index (χ3n) is 5.96. The highest BCUT2D eigenvalue weighted by molar-refractivity contribution is 7.15. The third-order valence-corrected chi connectivity index (χ3v) is 6.98. The lowest BCUT2D eigenvalue weighted by molar-refractivity contribution is -0.136. The van der Waals surface area contributed by atoms with E-state index >= 15 is 0 Å². The lowest BCUT2D eigenvalue weighted by Gasteiger charge is -2.27. The van der Waals surface area contributed by atoms with Crippen molar-refractivity contribution in [3.05, 3.63) is 45.5 Å². The number of hydrogen-bond donors (Lipinski definition) is 3. The molecule has 1 saturated heterocycles. The van der Waals surface area contributed by atoms with Crippen molar-refractivity contribution < 1.29 is 19.2 Å². The third kappa shape index (κ3) is 3.14. The van der Waals surface area contributed by atoms with Crippen LogP contribution in [0.1, 0.15) is 63.5 Å². The second-order valence-electron chi connectivity index (χ2n) is 8.41. The molecule has 9 nitrogen and oxygen atoms in total. The van der Waals surface area contributed by atoms with Gasteiger partial charge in [0.2, 0.25) is 11.8 Å². The van der Waals surface area contributed by atoms with Gasteiger partial charge in [0, 0.05) is 24.4 Å². The molecule has 1 atom stereocenters. The molecule has 10 heteroatoms. The van der Waals surface area contributed by atoms with E-state index in [-0.39, 0.29) is 23.9 Å². The molecule has 1 aromatic heterocycles. The molecule has 3 aliphatic rings. The molecule has 4 heterocycles. The predicted octanol–water partition coefficient (Wildman–Crippen LogP) is 1.49. The van der Waals surface area contributed by atoms with Crippen molar-refractivity contribution in [2.24, 2.45) is 0 Å². The summed E-state index contributed by atoms with van der Waals surface area (Å²) < 4.78 is 0. The van der Waals surface area contributed by atoms with Crippen molar-refractivity contribution in [1.29, 1.82) is 0 Å². The fourth-order valence-electron chi connectivity index (χ4n) is 4.32. The Kier molecular flexibility index (Phi) is 4.45. The maximum Gasteiger partial charge on any atom is 0.262 e. The predicted molar refractivity (Wildman–Crippen MR) is 112 cm³/mol. The van der Waals surface area contributed by atoms with E-state index < -0.39 is 29.7 Å². The molecule has 0 radical (unpaired) electrons. The van der Waals surface area contributed by atoms with Crippen LogP contribution in [-0.4, -0.2) is 39.6 Å². The first-order valence-corrected chi connectivity index (χ1v) is 10.9. The summed E-state index contributed by atoms with van der Waals surface area (Å²) in [5, 5.41) is 9.66. The molecule has 3 N–H and O–H groups in total. The van der Waals surface area contributed by atoms with E-state index in [1.807, 2.05) is 0 Å². The smallest absolute Gasteiger partial charge is 0.262 e. The van der Waals surface area contributed by atoms with Crippen LogP contribution in [0, 0.1) is 0 Å². The molecular formula is C21H21N5O4S. The van der Waals surface area contributed by atoms with Crippen molar-refractivity contribution in [3.8, 4) is 0 Å². The number of nitrogens with one attached hydrogen (secondary N) is 3. The minimum absolute atomic E-state index is 0.0954. The summed E-state index contributed by atoms with van der Waals surface area (Å²) in [4.78, 5) is 56.6. The Balaban J connectivity index is 1.39. The highest BCUT2D eigenvalue weighted by Gasteiger charge is 2.45. The molecule has 4 amide bonds. The number of hydrogen-bond acceptors (Lipinski definition) is 8. The summed E-state index contributed by atoms with van der Waals surface area (Å²) in [6.45, 7) is 5.27. The summed E-state index contributed by atoms with van der Waals surface area (Å²) in [5.41, 5.74) is 2.09. The second-order valence-corrected chi connectivity index (χ2v) is 9.49. The van der Waals surface area contributed by atoms with Crippen LogP contribution in [0.4, 0.5) is 5.13 Å². The van der Waals surface area contributed by atoms with Gasteiger partial charge in [0.05, 0.1) is 22.4 Å². The standard InChI is InChI=1S/C21H21N5O4S/c1-21(2)16-13(9-23-21)31-20(25-16)22-8-10-4-3-5-11-15(10)19(30)26(18(11)29)12-6-7-14(27)24-17(12)28/h3-5,12,23H,6-9H2,1-2H3,(H,22,25)(H,24,27,28). The number of imide groups is 2. The van der Waals surface area contributed by atoms with Gasteiger partial charge < -0.3 is 10.6 Å². The van der Waals surface area contributed by atoms with E-state index in [1.165, 1.54) is 4.88 Å². The molecule has 0 spiro atoms. The van der Waals surface area contributed by atoms with E-state index in [2.05, 4.69) is 34.8 Å². The minimum Gasteiger partial charge on any atom is -0.357 e. The number of fused-ring (bicyclic) bond motifs is 2. The Morgan fingerprint density at radius 3 is 2.77 bits per heavy atom. The van der Waals surface area contributed by atoms with Gasteiger partial charge >= 0.3 is 0 Å². The number of carbonyl (C=O) groups excluding carboxylic acids is 4. The van der Waals surface area contributed by atoms with Crippen LogP contribution in [0.5, 0.6) is 0 Å². The topological polar surface area (TPSA) is 120 Å². The lowest BCUT2D eigenvalue weighted by Crippen LogP contribution is -2.54. The van der Waals surface area contributed by atoms with Crippen LogP contribution in [0.15, 0.2) is 18.2 Å². The van der Waals surface area contributed by atoms with Gasteiger partial charge in [-0.3, -0.25) is 29.4 Å². The van der Waals surface area contributed by atoms with E-state index in [9.17, 15) is 19.2 Å². The monoisotopic (exact) mass is 439 g/mol. The van der Waals surface area contributed by atoms with Gasteiger partial charge in [0.1, 0.15) is 6.04 Å². The van der Waals surface area contributed by atoms with Gasteiger partial charge in [-0.25, -0.2) is 4.98 Å². The number of benzene rings is 1. The highest BCUT2D eigenvalue weighted by atomic mass is 32.1. The quantitative estimate of drug-likeness (QED) is 0.618. The summed E-state index contributed by atoms with van der Waals surface area (Å²) in [6, 6.07) is 4.14. The first-order valence-electron chi connectivity index (χ1n) is 10.1. The number of thiazole rings is 1. The number of rotatable bonds is 4. The average Bonchev–Trinajstić information content (AvgIpc) is 3.34. The molecule has 0 saturated carbocycles. The zero-order chi connectivity index (χ0) is 21.9. The van der Waals surface area contributed by atoms with Crippen molar-refractivity contribution in [3.63, 3.8) is 0 Å². The van der Waals surface area contributed by atoms with Crippen LogP contribution < -0.4 is 16.0 Å². The van der Waals surface area contributed by atoms with Crippen LogP contribution in [0.3, 0.4) is 0 Å². The number of nitrogens with zero attached hydrogens (tertiary/aromatic N) is 2. The number of aromatic nitrogens is 1. The number of carbonyl (C=O) groups is 4. The molecule has 1 unspecified atom stereocenters. The van der Waals surface area contributed by atoms with E-state index in [0.29, 0.717) is 17.7 Å². The van der Waals surface area contributed by atoms with E-state index in [4.69, 9.17) is 0 Å². The average molecular weight is 439 g/mol. The minimum atomic E-state index is -0.970. The van der Waals surface area contributed by atoms with Crippen LogP contribution in [-0.2, 0) is 28.2 Å². The maximum absolute atomic E-state index is 13.2. The Hall–Kier alpha value is -3.11. The number of piperidine rings is 1. The van der Waals surface area contributed by atoms with Gasteiger partial charge in [0.15, 0.2) is 5.13 Å². The first-order chi connectivity index (χ1) is 14.8. The number of anilines is 1. The summed E-state index contributed by atoms with van der Waals surface area (Å²) in [7, 11) is 0. The molecule has 5 rings (SSSR count). The molecular weight excluding hydrogens is 418 g/mol. The largest absolute Gasteiger partial charge is 0.357 e. The van der Waals surface area contributed by atoms with Crippen LogP contribution in [0.2, 0.25) is 0 Å². The summed E-state index contributed by atoms with van der Waals surface area (Å²) >= 11 is 1.57. The van der Waals surface area contributed by atoms with E-state index in [0.717, 1.165) is 22.3 Å². The Labute approximate surface area is 182 Å². The molecule has 1 fully saturated rings. The fraction of sp³-hybridized carbons (Fsp3) is 0.381. The zero-order valence-corrected chi connectivity index (χ0v) is 17.9. The normalized spacial score (nSPS) is 21.9. The van der Waals surface area contributed by atoms with Gasteiger partial charge in [-0.05, 0) is 31.9 Å². The molecule has 31 heavy (non-hydrogen) atoms. The van der Waals surface area contributed by atoms with Crippen molar-refractivity contribution in [2.75, 3.05) is 5.32 Å². The summed E-state index contributed by atoms with van der Waals surface area (Å²) in [6.07, 6.45) is 0.232. The SMILES string of the molecule is CC1(C)NCc2sc(NCc3cccc4c3C(=O)N(C3CCC(=O)NC3=O)C4=O)nc21. The van der Waals surface area contributed by atoms with Gasteiger partial charge in [-0.2, -0.15) is 0 Å². The fourth-order valence-corrected chi connectivity index (χ4v) is 5.38. The van der Waals surface area contributed by atoms with Crippen molar-refractivity contribution in [1.82, 2.24) is 20.5 Å². The first kappa shape index (κ1) is 19.8. The molecule has 0 bridgehead atoms. The Morgan fingerprint density at radius 2 is 2.03 bits per heavy atom. The number of amides is 4. The summed E-state index contributed by atoms with van der Waals surface area (Å²) in [5.74, 6) is -2.01. The van der Waals surface area contributed by atoms with Crippen LogP contribution in [0.25, 0.3) is 0 Å². The Bertz CT molecular complexity index is 1150. The molecule has 0 aliphatic carbocycles. The lowest BCUT2D eigenvalue weighted by atomic mass is 10.0. The van der Waals surface area contributed by atoms with Gasteiger partial charge in [-0.1, -0.05) is 12.1 Å². The molecule has 3 aliphatic heterocycles. The van der Waals surface area contributed by atoms with E-state index in [1.54, 1.807) is 29.5 Å². The molecule has 160 valence electrons. The second kappa shape index (κ2) is 6.96. The van der Waals surface area contributed by atoms with Crippen LogP contribution >= 0.6 is 11.3 Å². The maximum atomic E-state index is 13.2. The zero-order valence-electron chi connectivity index (χ0n) is 17.1. The van der Waals surface area contributed by atoms with Gasteiger partial charge in [0.25, 0.3) is 11.8 Å². The Morgan fingerprint density at radius 1 is 1.23 bits per heavy atom. The van der Waals surface area contributed by atoms with Crippen molar-refractivity contribution in [2.45, 2.75) is 51.4 Å². The highest BCUT2D eigenvalue weighted by Crippen LogP contribution is 2.36. The molecule has 1 aromatic carbocycles. The van der Waals surface area contributed by atoms with Gasteiger partial charge in [-0.15, -0.1) is 11.3 Å². The van der Waals surface area contributed by atoms with Crippen molar-refractivity contribution >= 4 is 40.1 Å². The molecule has 2 aromatic rings.